The van der Waals surface area contributed by atoms with Crippen LogP contribution in [0.3, 0.4) is 0 Å². The summed E-state index contributed by atoms with van der Waals surface area (Å²) >= 11 is 2.22. The molecule has 94 valence electrons. The summed E-state index contributed by atoms with van der Waals surface area (Å²) in [7, 11) is 0. The number of aliphatic hydroxyl groups is 1. The molecule has 0 saturated heterocycles. The van der Waals surface area contributed by atoms with Crippen LogP contribution in [0.1, 0.15) is 24.2 Å². The van der Waals surface area contributed by atoms with Gasteiger partial charge in [0.05, 0.1) is 6.10 Å². The van der Waals surface area contributed by atoms with Crippen LogP contribution in [0, 0.1) is 3.57 Å². The molecule has 2 nitrogen and oxygen atoms in total. The van der Waals surface area contributed by atoms with E-state index in [1.807, 2.05) is 48.5 Å². The minimum Gasteiger partial charge on any atom is -0.489 e. The third-order valence-electron chi connectivity index (χ3n) is 2.67. The first-order valence-electron chi connectivity index (χ1n) is 5.81. The lowest BCUT2D eigenvalue weighted by Crippen LogP contribution is -1.99. The Morgan fingerprint density at radius 3 is 2.56 bits per heavy atom. The van der Waals surface area contributed by atoms with Gasteiger partial charge in [-0.15, -0.1) is 0 Å². The summed E-state index contributed by atoms with van der Waals surface area (Å²) in [6.45, 7) is 2.30. The number of halogens is 1. The van der Waals surface area contributed by atoms with Crippen LogP contribution >= 0.6 is 22.6 Å². The van der Waals surface area contributed by atoms with Crippen molar-refractivity contribution in [1.82, 2.24) is 0 Å². The van der Waals surface area contributed by atoms with E-state index in [0.29, 0.717) is 6.61 Å². The molecule has 0 fully saturated rings. The van der Waals surface area contributed by atoms with Crippen molar-refractivity contribution < 1.29 is 9.84 Å². The van der Waals surface area contributed by atoms with Crippen molar-refractivity contribution in [2.45, 2.75) is 19.6 Å². The predicted octanol–water partition coefficient (Wildman–Crippen LogP) is 3.92. The molecule has 3 heteroatoms. The Morgan fingerprint density at radius 1 is 1.17 bits per heavy atom. The quantitative estimate of drug-likeness (QED) is 0.844. The van der Waals surface area contributed by atoms with Crippen molar-refractivity contribution in [2.24, 2.45) is 0 Å². The zero-order valence-electron chi connectivity index (χ0n) is 10.1. The van der Waals surface area contributed by atoms with Gasteiger partial charge in [0, 0.05) is 3.57 Å². The SMILES string of the molecule is CC(O)c1cc(OCc2ccccc2)ccc1I. The van der Waals surface area contributed by atoms with Gasteiger partial charge in [-0.25, -0.2) is 0 Å². The molecule has 0 heterocycles. The first-order valence-corrected chi connectivity index (χ1v) is 6.89. The molecular weight excluding hydrogens is 339 g/mol. The van der Waals surface area contributed by atoms with E-state index < -0.39 is 6.10 Å². The van der Waals surface area contributed by atoms with Crippen LogP contribution in [-0.4, -0.2) is 5.11 Å². The standard InChI is InChI=1S/C15H15IO2/c1-11(17)14-9-13(7-8-15(14)16)18-10-12-5-3-2-4-6-12/h2-9,11,17H,10H2,1H3. The van der Waals surface area contributed by atoms with Gasteiger partial charge in [-0.1, -0.05) is 30.3 Å². The molecule has 0 radical (unpaired) electrons. The molecule has 0 aliphatic rings. The zero-order chi connectivity index (χ0) is 13.0. The normalized spacial score (nSPS) is 12.2. The maximum atomic E-state index is 9.65. The van der Waals surface area contributed by atoms with Crippen molar-refractivity contribution in [3.63, 3.8) is 0 Å². The van der Waals surface area contributed by atoms with Crippen LogP contribution in [-0.2, 0) is 6.61 Å². The average Bonchev–Trinajstić information content (AvgIpc) is 2.38. The molecule has 0 aliphatic heterocycles. The van der Waals surface area contributed by atoms with Crippen molar-refractivity contribution >= 4 is 22.6 Å². The molecule has 0 aliphatic carbocycles. The molecule has 0 bridgehead atoms. The fourth-order valence-electron chi connectivity index (χ4n) is 1.67. The summed E-state index contributed by atoms with van der Waals surface area (Å²) < 4.78 is 6.77. The van der Waals surface area contributed by atoms with Gasteiger partial charge in [-0.3, -0.25) is 0 Å². The van der Waals surface area contributed by atoms with Crippen molar-refractivity contribution in [1.29, 1.82) is 0 Å². The first kappa shape index (κ1) is 13.4. The van der Waals surface area contributed by atoms with Crippen LogP contribution in [0.2, 0.25) is 0 Å². The highest BCUT2D eigenvalue weighted by Crippen LogP contribution is 2.25. The highest BCUT2D eigenvalue weighted by atomic mass is 127. The van der Waals surface area contributed by atoms with E-state index in [1.165, 1.54) is 0 Å². The lowest BCUT2D eigenvalue weighted by Gasteiger charge is -2.11. The van der Waals surface area contributed by atoms with E-state index in [4.69, 9.17) is 4.74 Å². The molecule has 2 rings (SSSR count). The highest BCUT2D eigenvalue weighted by Gasteiger charge is 2.07. The molecule has 0 amide bonds. The average molecular weight is 354 g/mol. The fraction of sp³-hybridized carbons (Fsp3) is 0.200. The monoisotopic (exact) mass is 354 g/mol. The van der Waals surface area contributed by atoms with Gasteiger partial charge < -0.3 is 9.84 Å². The highest BCUT2D eigenvalue weighted by molar-refractivity contribution is 14.1. The summed E-state index contributed by atoms with van der Waals surface area (Å²) in [4.78, 5) is 0. The number of aliphatic hydroxyl groups excluding tert-OH is 1. The number of hydrogen-bond acceptors (Lipinski definition) is 2. The second-order valence-electron chi connectivity index (χ2n) is 4.13. The molecular formula is C15H15IO2. The topological polar surface area (TPSA) is 29.5 Å². The molecule has 0 spiro atoms. The number of ether oxygens (including phenoxy) is 1. The third-order valence-corrected chi connectivity index (χ3v) is 3.65. The van der Waals surface area contributed by atoms with Gasteiger partial charge in [-0.2, -0.15) is 0 Å². The molecule has 0 saturated carbocycles. The van der Waals surface area contributed by atoms with Gasteiger partial charge in [0.15, 0.2) is 0 Å². The molecule has 1 N–H and O–H groups in total. The molecule has 1 unspecified atom stereocenters. The van der Waals surface area contributed by atoms with Crippen LogP contribution in [0.4, 0.5) is 0 Å². The van der Waals surface area contributed by atoms with Crippen molar-refractivity contribution in [3.8, 4) is 5.75 Å². The van der Waals surface area contributed by atoms with Gasteiger partial charge in [0.1, 0.15) is 12.4 Å². The minimum atomic E-state index is -0.475. The van der Waals surface area contributed by atoms with E-state index in [9.17, 15) is 5.11 Å². The van der Waals surface area contributed by atoms with Gasteiger partial charge in [0.25, 0.3) is 0 Å². The summed E-state index contributed by atoms with van der Waals surface area (Å²) in [5.74, 6) is 0.787. The lowest BCUT2D eigenvalue weighted by atomic mass is 10.1. The Kier molecular flexibility index (Phi) is 4.60. The third kappa shape index (κ3) is 3.46. The van der Waals surface area contributed by atoms with E-state index in [0.717, 1.165) is 20.4 Å². The van der Waals surface area contributed by atoms with Crippen molar-refractivity contribution in [2.75, 3.05) is 0 Å². The molecule has 0 aromatic heterocycles. The van der Waals surface area contributed by atoms with Crippen LogP contribution in [0.15, 0.2) is 48.5 Å². The predicted molar refractivity (Wildman–Crippen MR) is 80.6 cm³/mol. The number of rotatable bonds is 4. The summed E-state index contributed by atoms with van der Waals surface area (Å²) in [6.07, 6.45) is -0.475. The second-order valence-corrected chi connectivity index (χ2v) is 5.30. The molecule has 1 atom stereocenters. The lowest BCUT2D eigenvalue weighted by molar-refractivity contribution is 0.197. The molecule has 18 heavy (non-hydrogen) atoms. The van der Waals surface area contributed by atoms with Gasteiger partial charge in [0.2, 0.25) is 0 Å². The van der Waals surface area contributed by atoms with E-state index in [2.05, 4.69) is 22.6 Å². The van der Waals surface area contributed by atoms with E-state index in [1.54, 1.807) is 6.92 Å². The van der Waals surface area contributed by atoms with E-state index in [-0.39, 0.29) is 0 Å². The van der Waals surface area contributed by atoms with Gasteiger partial charge in [-0.05, 0) is 58.8 Å². The zero-order valence-corrected chi connectivity index (χ0v) is 12.3. The smallest absolute Gasteiger partial charge is 0.120 e. The Hall–Kier alpha value is -1.07. The minimum absolute atomic E-state index is 0.475. The Bertz CT molecular complexity index is 509. The molecule has 2 aromatic carbocycles. The van der Waals surface area contributed by atoms with Crippen LogP contribution < -0.4 is 4.74 Å². The maximum Gasteiger partial charge on any atom is 0.120 e. The maximum absolute atomic E-state index is 9.65. The molecule has 2 aromatic rings. The summed E-state index contributed by atoms with van der Waals surface area (Å²) in [6, 6.07) is 15.8. The van der Waals surface area contributed by atoms with Crippen molar-refractivity contribution in [3.05, 3.63) is 63.2 Å². The van der Waals surface area contributed by atoms with Crippen LogP contribution in [0.25, 0.3) is 0 Å². The Morgan fingerprint density at radius 2 is 1.89 bits per heavy atom. The second kappa shape index (κ2) is 6.20. The van der Waals surface area contributed by atoms with E-state index >= 15 is 0 Å². The van der Waals surface area contributed by atoms with Crippen LogP contribution in [0.5, 0.6) is 5.75 Å². The Labute approximate surface area is 121 Å². The number of hydrogen-bond donors (Lipinski definition) is 1. The fourth-order valence-corrected chi connectivity index (χ4v) is 2.46. The summed E-state index contributed by atoms with van der Waals surface area (Å²) in [5, 5.41) is 9.65. The summed E-state index contributed by atoms with van der Waals surface area (Å²) in [5.41, 5.74) is 2.04. The largest absolute Gasteiger partial charge is 0.489 e. The first-order chi connectivity index (χ1) is 8.66. The number of benzene rings is 2. The Balaban J connectivity index is 2.08. The van der Waals surface area contributed by atoms with Gasteiger partial charge >= 0.3 is 0 Å².